The predicted octanol–water partition coefficient (Wildman–Crippen LogP) is 3.28. The molecule has 6 nitrogen and oxygen atoms in total. The first-order valence-corrected chi connectivity index (χ1v) is 9.60. The maximum atomic E-state index is 12.3. The maximum absolute atomic E-state index is 12.3. The van der Waals surface area contributed by atoms with E-state index >= 15 is 0 Å². The third-order valence-electron chi connectivity index (χ3n) is 4.41. The zero-order valence-corrected chi connectivity index (χ0v) is 16.7. The summed E-state index contributed by atoms with van der Waals surface area (Å²) in [4.78, 5) is 24.4. The Morgan fingerprint density at radius 1 is 1.44 bits per heavy atom. The van der Waals surface area contributed by atoms with E-state index in [0.717, 1.165) is 17.3 Å². The molecule has 0 saturated heterocycles. The van der Waals surface area contributed by atoms with E-state index in [9.17, 15) is 20.1 Å². The van der Waals surface area contributed by atoms with Gasteiger partial charge in [-0.3, -0.25) is 9.59 Å². The van der Waals surface area contributed by atoms with E-state index in [-0.39, 0.29) is 17.7 Å². The van der Waals surface area contributed by atoms with Gasteiger partial charge in [0.05, 0.1) is 34.5 Å². The lowest BCUT2D eigenvalue weighted by Crippen LogP contribution is -2.44. The fourth-order valence-electron chi connectivity index (χ4n) is 2.81. The third kappa shape index (κ3) is 4.63. The number of amides is 2. The zero-order valence-electron chi connectivity index (χ0n) is 15.2. The largest absolute Gasteiger partial charge is 0.349 e. The molecule has 1 aromatic carbocycles. The molecule has 1 aliphatic heterocycles. The molecule has 1 aromatic rings. The lowest BCUT2D eigenvalue weighted by atomic mass is 9.72. The van der Waals surface area contributed by atoms with Gasteiger partial charge < -0.3 is 10.6 Å². The Balaban J connectivity index is 2.07. The standard InChI is InChI=1S/C19H19ClN4O2S/c1-11(12-5-4-6-13(20)7-12)23-16(25)10-27-18-15(9-22)19(2,3)14(8-21)17(26)24-18/h4-7,11,14H,10H2,1-3H3,(H,23,25)(H,24,26)/t11-,14-/m0/s1. The van der Waals surface area contributed by atoms with Crippen molar-refractivity contribution in [2.75, 3.05) is 5.75 Å². The van der Waals surface area contributed by atoms with Crippen molar-refractivity contribution in [3.8, 4) is 12.1 Å². The van der Waals surface area contributed by atoms with E-state index in [4.69, 9.17) is 11.6 Å². The SMILES string of the molecule is C[C@H](NC(=O)CSC1=C(C#N)C(C)(C)[C@@H](C#N)C(=O)N1)c1cccc(Cl)c1. The number of carbonyl (C=O) groups excluding carboxylic acids is 2. The molecule has 0 radical (unpaired) electrons. The smallest absolute Gasteiger partial charge is 0.243 e. The summed E-state index contributed by atoms with van der Waals surface area (Å²) < 4.78 is 0. The first-order valence-electron chi connectivity index (χ1n) is 8.23. The van der Waals surface area contributed by atoms with Crippen molar-refractivity contribution >= 4 is 35.2 Å². The fraction of sp³-hybridized carbons (Fsp3) is 0.368. The normalized spacial score (nSPS) is 19.5. The molecule has 140 valence electrons. The number of nitrogens with one attached hydrogen (secondary N) is 2. The Morgan fingerprint density at radius 3 is 2.74 bits per heavy atom. The van der Waals surface area contributed by atoms with Gasteiger partial charge in [0, 0.05) is 10.4 Å². The lowest BCUT2D eigenvalue weighted by molar-refractivity contribution is -0.125. The molecule has 0 fully saturated rings. The highest BCUT2D eigenvalue weighted by Crippen LogP contribution is 2.41. The monoisotopic (exact) mass is 402 g/mol. The molecule has 0 unspecified atom stereocenters. The average molecular weight is 403 g/mol. The number of rotatable bonds is 5. The molecule has 8 heteroatoms. The molecule has 1 aliphatic rings. The van der Waals surface area contributed by atoms with Crippen LogP contribution in [0.3, 0.4) is 0 Å². The van der Waals surface area contributed by atoms with Crippen LogP contribution in [0.2, 0.25) is 5.02 Å². The molecule has 0 bridgehead atoms. The van der Waals surface area contributed by atoms with Gasteiger partial charge in [0.25, 0.3) is 0 Å². The minimum Gasteiger partial charge on any atom is -0.349 e. The molecule has 2 N–H and O–H groups in total. The molecule has 0 spiro atoms. The summed E-state index contributed by atoms with van der Waals surface area (Å²) in [5.41, 5.74) is 0.259. The number of thioether (sulfide) groups is 1. The zero-order chi connectivity index (χ0) is 20.2. The Morgan fingerprint density at radius 2 is 2.15 bits per heavy atom. The average Bonchev–Trinajstić information content (AvgIpc) is 2.59. The summed E-state index contributed by atoms with van der Waals surface area (Å²) in [6.45, 7) is 5.21. The van der Waals surface area contributed by atoms with Crippen LogP contribution in [0.25, 0.3) is 0 Å². The molecular weight excluding hydrogens is 384 g/mol. The van der Waals surface area contributed by atoms with Crippen LogP contribution >= 0.6 is 23.4 Å². The van der Waals surface area contributed by atoms with Crippen molar-refractivity contribution in [2.24, 2.45) is 11.3 Å². The number of halogens is 1. The Bertz CT molecular complexity index is 882. The Labute approximate surface area is 167 Å². The minimum absolute atomic E-state index is 0.0268. The van der Waals surface area contributed by atoms with Crippen LogP contribution in [0.1, 0.15) is 32.4 Å². The number of nitrogens with zero attached hydrogens (tertiary/aromatic N) is 2. The van der Waals surface area contributed by atoms with Crippen LogP contribution in [0, 0.1) is 34.0 Å². The molecule has 2 rings (SSSR count). The highest BCUT2D eigenvalue weighted by molar-refractivity contribution is 8.03. The predicted molar refractivity (Wildman–Crippen MR) is 104 cm³/mol. The van der Waals surface area contributed by atoms with Crippen molar-refractivity contribution in [2.45, 2.75) is 26.8 Å². The second kappa shape index (κ2) is 8.47. The maximum Gasteiger partial charge on any atom is 0.243 e. The summed E-state index contributed by atoms with van der Waals surface area (Å²) >= 11 is 7.04. The highest BCUT2D eigenvalue weighted by Gasteiger charge is 2.44. The van der Waals surface area contributed by atoms with Crippen molar-refractivity contribution in [1.29, 1.82) is 10.5 Å². The van der Waals surface area contributed by atoms with E-state index < -0.39 is 17.2 Å². The topological polar surface area (TPSA) is 106 Å². The minimum atomic E-state index is -0.951. The van der Waals surface area contributed by atoms with Gasteiger partial charge in [-0.1, -0.05) is 49.3 Å². The number of benzene rings is 1. The van der Waals surface area contributed by atoms with Crippen molar-refractivity contribution in [3.63, 3.8) is 0 Å². The third-order valence-corrected chi connectivity index (χ3v) is 5.64. The highest BCUT2D eigenvalue weighted by atomic mass is 35.5. The van der Waals surface area contributed by atoms with Gasteiger partial charge >= 0.3 is 0 Å². The molecule has 1 heterocycles. The van der Waals surface area contributed by atoms with E-state index in [1.165, 1.54) is 0 Å². The number of hydrogen-bond acceptors (Lipinski definition) is 5. The fourth-order valence-corrected chi connectivity index (χ4v) is 4.00. The van der Waals surface area contributed by atoms with Gasteiger partial charge in [-0.2, -0.15) is 10.5 Å². The van der Waals surface area contributed by atoms with Gasteiger partial charge in [-0.25, -0.2) is 0 Å². The Kier molecular flexibility index (Phi) is 6.54. The molecule has 0 aromatic heterocycles. The molecule has 2 amide bonds. The summed E-state index contributed by atoms with van der Waals surface area (Å²) in [5, 5.41) is 25.1. The van der Waals surface area contributed by atoms with Crippen LogP contribution in [0.15, 0.2) is 34.9 Å². The number of hydrogen-bond donors (Lipinski definition) is 2. The van der Waals surface area contributed by atoms with E-state index in [0.29, 0.717) is 15.6 Å². The van der Waals surface area contributed by atoms with Crippen LogP contribution in [-0.2, 0) is 9.59 Å². The first-order chi connectivity index (χ1) is 12.7. The second-order valence-electron chi connectivity index (χ2n) is 6.72. The van der Waals surface area contributed by atoms with Crippen LogP contribution in [0.4, 0.5) is 0 Å². The van der Waals surface area contributed by atoms with Crippen LogP contribution < -0.4 is 10.6 Å². The van der Waals surface area contributed by atoms with Gasteiger partial charge in [0.15, 0.2) is 0 Å². The van der Waals surface area contributed by atoms with Gasteiger partial charge in [-0.15, -0.1) is 0 Å². The Hall–Kier alpha value is -2.48. The first kappa shape index (κ1) is 20.8. The van der Waals surface area contributed by atoms with Crippen LogP contribution in [0.5, 0.6) is 0 Å². The number of allylic oxidation sites excluding steroid dienone is 1. The van der Waals surface area contributed by atoms with Crippen molar-refractivity contribution in [3.05, 3.63) is 45.5 Å². The molecular formula is C19H19ClN4O2S. The molecule has 0 saturated carbocycles. The lowest BCUT2D eigenvalue weighted by Gasteiger charge is -2.34. The summed E-state index contributed by atoms with van der Waals surface area (Å²) in [7, 11) is 0. The van der Waals surface area contributed by atoms with E-state index in [1.807, 2.05) is 25.1 Å². The van der Waals surface area contributed by atoms with Crippen molar-refractivity contribution in [1.82, 2.24) is 10.6 Å². The van der Waals surface area contributed by atoms with Gasteiger partial charge in [0.2, 0.25) is 11.8 Å². The summed E-state index contributed by atoms with van der Waals surface area (Å²) in [6.07, 6.45) is 0. The number of carbonyl (C=O) groups is 2. The summed E-state index contributed by atoms with van der Waals surface area (Å²) in [6, 6.07) is 11.0. The molecule has 2 atom stereocenters. The number of nitriles is 2. The van der Waals surface area contributed by atoms with Crippen molar-refractivity contribution < 1.29 is 9.59 Å². The van der Waals surface area contributed by atoms with Crippen LogP contribution in [-0.4, -0.2) is 17.6 Å². The quantitative estimate of drug-likeness (QED) is 0.786. The molecule has 0 aliphatic carbocycles. The van der Waals surface area contributed by atoms with E-state index in [2.05, 4.69) is 16.7 Å². The summed E-state index contributed by atoms with van der Waals surface area (Å²) in [5.74, 6) is -1.63. The van der Waals surface area contributed by atoms with Gasteiger partial charge in [-0.05, 0) is 24.6 Å². The van der Waals surface area contributed by atoms with Gasteiger partial charge in [0.1, 0.15) is 5.92 Å². The van der Waals surface area contributed by atoms with E-state index in [1.54, 1.807) is 26.0 Å². The second-order valence-corrected chi connectivity index (χ2v) is 8.14. The molecule has 27 heavy (non-hydrogen) atoms.